The van der Waals surface area contributed by atoms with E-state index in [2.05, 4.69) is 33.5 Å². The molecule has 24 heavy (non-hydrogen) atoms. The number of nitrogens with one attached hydrogen (secondary N) is 2. The van der Waals surface area contributed by atoms with Crippen LogP contribution in [0.2, 0.25) is 0 Å². The van der Waals surface area contributed by atoms with Gasteiger partial charge in [0, 0.05) is 16.7 Å². The Bertz CT molecular complexity index is 650. The summed E-state index contributed by atoms with van der Waals surface area (Å²) in [4.78, 5) is 12.3. The molecule has 1 atom stereocenters. The summed E-state index contributed by atoms with van der Waals surface area (Å²) in [5.41, 5.74) is 1.86. The second kappa shape index (κ2) is 10.3. The molecule has 0 spiro atoms. The minimum atomic E-state index is -0.580. The Labute approximate surface area is 157 Å². The monoisotopic (exact) mass is 412 g/mol. The van der Waals surface area contributed by atoms with E-state index in [9.17, 15) is 4.79 Å². The fourth-order valence-corrected chi connectivity index (χ4v) is 2.33. The van der Waals surface area contributed by atoms with E-state index in [0.717, 1.165) is 28.8 Å². The van der Waals surface area contributed by atoms with Crippen molar-refractivity contribution in [3.8, 4) is 5.75 Å². The Hall–Kier alpha value is -1.56. The Balaban J connectivity index is 0.00000288. The number of carbonyl (C=O) groups is 1. The molecule has 0 saturated heterocycles. The minimum absolute atomic E-state index is 0. The summed E-state index contributed by atoms with van der Waals surface area (Å²) in [6.45, 7) is 5.39. The predicted molar refractivity (Wildman–Crippen MR) is 104 cm³/mol. The Morgan fingerprint density at radius 3 is 2.50 bits per heavy atom. The highest BCUT2D eigenvalue weighted by Crippen LogP contribution is 2.19. The second-order valence-electron chi connectivity index (χ2n) is 5.14. The number of amides is 1. The maximum atomic E-state index is 12.3. The largest absolute Gasteiger partial charge is 0.481 e. The molecular weight excluding hydrogens is 392 g/mol. The zero-order valence-corrected chi connectivity index (χ0v) is 16.1. The van der Waals surface area contributed by atoms with Gasteiger partial charge >= 0.3 is 0 Å². The van der Waals surface area contributed by atoms with Crippen LogP contribution in [0.15, 0.2) is 53.0 Å². The van der Waals surface area contributed by atoms with Crippen molar-refractivity contribution in [3.05, 3.63) is 58.6 Å². The average Bonchev–Trinajstić information content (AvgIpc) is 2.56. The van der Waals surface area contributed by atoms with Crippen LogP contribution in [-0.4, -0.2) is 18.6 Å². The molecule has 2 aromatic rings. The number of halogens is 2. The van der Waals surface area contributed by atoms with Gasteiger partial charge in [-0.1, -0.05) is 41.1 Å². The molecule has 0 aliphatic heterocycles. The summed E-state index contributed by atoms with van der Waals surface area (Å²) >= 11 is 3.37. The first-order valence-corrected chi connectivity index (χ1v) is 8.41. The van der Waals surface area contributed by atoms with Crippen molar-refractivity contribution in [2.24, 2.45) is 0 Å². The molecule has 2 N–H and O–H groups in total. The van der Waals surface area contributed by atoms with Gasteiger partial charge in [0.05, 0.1) is 0 Å². The van der Waals surface area contributed by atoms with E-state index in [-0.39, 0.29) is 18.3 Å². The summed E-state index contributed by atoms with van der Waals surface area (Å²) in [7, 11) is 0. The molecule has 1 unspecified atom stereocenters. The van der Waals surface area contributed by atoms with E-state index in [1.54, 1.807) is 6.92 Å². The van der Waals surface area contributed by atoms with Gasteiger partial charge in [0.25, 0.3) is 5.91 Å². The van der Waals surface area contributed by atoms with Crippen LogP contribution < -0.4 is 15.4 Å². The maximum absolute atomic E-state index is 12.3. The van der Waals surface area contributed by atoms with Crippen molar-refractivity contribution in [2.45, 2.75) is 26.5 Å². The number of benzene rings is 2. The van der Waals surface area contributed by atoms with Gasteiger partial charge < -0.3 is 15.4 Å². The number of hydrogen-bond acceptors (Lipinski definition) is 3. The lowest BCUT2D eigenvalue weighted by Crippen LogP contribution is -2.30. The summed E-state index contributed by atoms with van der Waals surface area (Å²) in [5, 5.41) is 6.20. The first-order valence-electron chi connectivity index (χ1n) is 7.62. The first-order chi connectivity index (χ1) is 11.1. The molecule has 0 heterocycles. The molecule has 2 aromatic carbocycles. The summed E-state index contributed by atoms with van der Waals surface area (Å²) in [6.07, 6.45) is -0.580. The number of anilines is 1. The van der Waals surface area contributed by atoms with E-state index >= 15 is 0 Å². The number of para-hydroxylation sites is 1. The second-order valence-corrected chi connectivity index (χ2v) is 6.06. The molecule has 6 heteroatoms. The van der Waals surface area contributed by atoms with Crippen molar-refractivity contribution in [1.29, 1.82) is 0 Å². The zero-order valence-electron chi connectivity index (χ0n) is 13.7. The van der Waals surface area contributed by atoms with Crippen LogP contribution in [0.25, 0.3) is 0 Å². The van der Waals surface area contributed by atoms with Crippen LogP contribution in [0.1, 0.15) is 19.4 Å². The van der Waals surface area contributed by atoms with Gasteiger partial charge in [0.2, 0.25) is 0 Å². The van der Waals surface area contributed by atoms with Crippen LogP contribution in [0.4, 0.5) is 5.69 Å². The summed E-state index contributed by atoms with van der Waals surface area (Å²) in [5.74, 6) is 0.494. The molecule has 0 aromatic heterocycles. The Morgan fingerprint density at radius 2 is 1.83 bits per heavy atom. The third-order valence-electron chi connectivity index (χ3n) is 3.34. The van der Waals surface area contributed by atoms with E-state index < -0.39 is 6.10 Å². The summed E-state index contributed by atoms with van der Waals surface area (Å²) < 4.78 is 6.65. The van der Waals surface area contributed by atoms with Gasteiger partial charge in [-0.05, 0) is 49.4 Å². The standard InChI is InChI=1S/C18H21BrN2O2.ClH/c1-3-20-12-14-6-4-5-7-17(14)21-18(22)13(2)23-16-10-8-15(19)9-11-16;/h4-11,13,20H,3,12H2,1-2H3,(H,21,22);1H. The number of rotatable bonds is 7. The molecule has 0 saturated carbocycles. The van der Waals surface area contributed by atoms with E-state index in [1.807, 2.05) is 48.5 Å². The molecule has 2 rings (SSSR count). The van der Waals surface area contributed by atoms with Gasteiger partial charge in [-0.3, -0.25) is 4.79 Å². The number of hydrogen-bond donors (Lipinski definition) is 2. The van der Waals surface area contributed by atoms with E-state index in [1.165, 1.54) is 0 Å². The van der Waals surface area contributed by atoms with Gasteiger partial charge in [-0.25, -0.2) is 0 Å². The van der Waals surface area contributed by atoms with Crippen molar-refractivity contribution in [1.82, 2.24) is 5.32 Å². The van der Waals surface area contributed by atoms with Crippen LogP contribution in [0.5, 0.6) is 5.75 Å². The maximum Gasteiger partial charge on any atom is 0.265 e. The third kappa shape index (κ3) is 6.15. The lowest BCUT2D eigenvalue weighted by Gasteiger charge is -2.16. The molecule has 130 valence electrons. The van der Waals surface area contributed by atoms with Crippen LogP contribution in [0, 0.1) is 0 Å². The predicted octanol–water partition coefficient (Wildman–Crippen LogP) is 4.39. The van der Waals surface area contributed by atoms with Gasteiger partial charge in [0.1, 0.15) is 5.75 Å². The number of ether oxygens (including phenoxy) is 1. The molecular formula is C18H22BrClN2O2. The van der Waals surface area contributed by atoms with Crippen molar-refractivity contribution in [3.63, 3.8) is 0 Å². The fourth-order valence-electron chi connectivity index (χ4n) is 2.06. The minimum Gasteiger partial charge on any atom is -0.481 e. The highest BCUT2D eigenvalue weighted by molar-refractivity contribution is 9.10. The Morgan fingerprint density at radius 1 is 1.17 bits per heavy atom. The van der Waals surface area contributed by atoms with Crippen molar-refractivity contribution < 1.29 is 9.53 Å². The first kappa shape index (κ1) is 20.5. The summed E-state index contributed by atoms with van der Waals surface area (Å²) in [6, 6.07) is 15.2. The SMILES string of the molecule is CCNCc1ccccc1NC(=O)C(C)Oc1ccc(Br)cc1.Cl. The molecule has 0 aliphatic rings. The molecule has 1 amide bonds. The lowest BCUT2D eigenvalue weighted by atomic mass is 10.1. The highest BCUT2D eigenvalue weighted by atomic mass is 79.9. The third-order valence-corrected chi connectivity index (χ3v) is 3.87. The zero-order chi connectivity index (χ0) is 16.7. The molecule has 0 fully saturated rings. The highest BCUT2D eigenvalue weighted by Gasteiger charge is 2.16. The van der Waals surface area contributed by atoms with E-state index in [0.29, 0.717) is 5.75 Å². The topological polar surface area (TPSA) is 50.4 Å². The lowest BCUT2D eigenvalue weighted by molar-refractivity contribution is -0.122. The van der Waals surface area contributed by atoms with Crippen molar-refractivity contribution in [2.75, 3.05) is 11.9 Å². The number of carbonyl (C=O) groups excluding carboxylic acids is 1. The fraction of sp³-hybridized carbons (Fsp3) is 0.278. The van der Waals surface area contributed by atoms with Crippen LogP contribution >= 0.6 is 28.3 Å². The molecule has 0 bridgehead atoms. The van der Waals surface area contributed by atoms with Crippen LogP contribution in [0.3, 0.4) is 0 Å². The quantitative estimate of drug-likeness (QED) is 0.708. The van der Waals surface area contributed by atoms with E-state index in [4.69, 9.17) is 4.74 Å². The smallest absolute Gasteiger partial charge is 0.265 e. The Kier molecular flexibility index (Phi) is 8.82. The van der Waals surface area contributed by atoms with Gasteiger partial charge in [-0.15, -0.1) is 12.4 Å². The molecule has 0 radical (unpaired) electrons. The molecule has 0 aliphatic carbocycles. The van der Waals surface area contributed by atoms with Crippen molar-refractivity contribution >= 4 is 39.9 Å². The van der Waals surface area contributed by atoms with Crippen LogP contribution in [-0.2, 0) is 11.3 Å². The average molecular weight is 414 g/mol. The normalized spacial score (nSPS) is 11.3. The molecule has 4 nitrogen and oxygen atoms in total. The van der Waals surface area contributed by atoms with Gasteiger partial charge in [-0.2, -0.15) is 0 Å². The van der Waals surface area contributed by atoms with Gasteiger partial charge in [0.15, 0.2) is 6.10 Å².